The third-order valence-corrected chi connectivity index (χ3v) is 8.32. The number of likely N-dealkylation sites (N-methyl/N-ethyl adjacent to an activating group) is 1. The van der Waals surface area contributed by atoms with E-state index in [0.717, 1.165) is 0 Å². The van der Waals surface area contributed by atoms with Crippen molar-refractivity contribution in [1.29, 1.82) is 0 Å². The molecule has 216 valence electrons. The van der Waals surface area contributed by atoms with E-state index >= 15 is 0 Å². The highest BCUT2D eigenvalue weighted by atomic mass is 16.5. The third-order valence-electron chi connectivity index (χ3n) is 8.32. The zero-order valence-corrected chi connectivity index (χ0v) is 22.8. The number of esters is 1. The van der Waals surface area contributed by atoms with Crippen LogP contribution in [0.15, 0.2) is 18.2 Å². The fourth-order valence-corrected chi connectivity index (χ4v) is 6.67. The van der Waals surface area contributed by atoms with E-state index in [1.807, 2.05) is 6.92 Å². The Hall–Kier alpha value is -3.48. The molecule has 0 aliphatic heterocycles. The van der Waals surface area contributed by atoms with Gasteiger partial charge in [-0.3, -0.25) is 33.7 Å². The molecule has 3 aliphatic rings. The van der Waals surface area contributed by atoms with E-state index in [1.54, 1.807) is 6.07 Å². The van der Waals surface area contributed by atoms with Crippen LogP contribution < -0.4 is 5.73 Å². The number of ether oxygens (including phenoxy) is 2. The maximum atomic E-state index is 14.2. The number of primary amides is 1. The van der Waals surface area contributed by atoms with Crippen molar-refractivity contribution in [2.45, 2.75) is 50.4 Å². The first kappa shape index (κ1) is 29.5. The first-order valence-corrected chi connectivity index (χ1v) is 13.3. The topological polar surface area (TPSA) is 191 Å². The number of hydrogen-bond acceptors (Lipinski definition) is 11. The Morgan fingerprint density at radius 1 is 1.10 bits per heavy atom. The standard InChI is InChI=1S/C28H34N2O10/c1-5-10-39-11-13-12-8-7-9-14(31)16(12)22(33)18-17(13)24(40-15(32)6-2)20-21(30(3)4)23(34)19(27(29)37)26(36)28(20,38)25(18)35/h7-9,13,17-21,24,31,38H,5-6,10-11H2,1-4H3,(H2,29,37). The minimum absolute atomic E-state index is 0.0459. The fourth-order valence-electron chi connectivity index (χ4n) is 6.67. The van der Waals surface area contributed by atoms with Crippen molar-refractivity contribution in [3.05, 3.63) is 29.3 Å². The number of nitrogens with zero attached hydrogens (tertiary/aromatic N) is 1. The van der Waals surface area contributed by atoms with Gasteiger partial charge in [0.15, 0.2) is 34.7 Å². The summed E-state index contributed by atoms with van der Waals surface area (Å²) in [5, 5.41) is 22.6. The Bertz CT molecular complexity index is 1280. The number of aliphatic hydroxyl groups is 1. The minimum atomic E-state index is -3.06. The number of fused-ring (bicyclic) bond motifs is 3. The Labute approximate surface area is 230 Å². The van der Waals surface area contributed by atoms with Crippen LogP contribution in [0.1, 0.15) is 48.5 Å². The van der Waals surface area contributed by atoms with Crippen LogP contribution in [0.25, 0.3) is 0 Å². The second-order valence-corrected chi connectivity index (χ2v) is 10.8. The van der Waals surface area contributed by atoms with Gasteiger partial charge in [0.25, 0.3) is 0 Å². The number of phenols is 1. The second kappa shape index (κ2) is 10.8. The number of phenolic OH excluding ortho intramolecular Hbond substituents is 1. The van der Waals surface area contributed by atoms with E-state index in [0.29, 0.717) is 18.6 Å². The van der Waals surface area contributed by atoms with Crippen LogP contribution in [0, 0.1) is 23.7 Å². The number of rotatable bonds is 8. The van der Waals surface area contributed by atoms with Gasteiger partial charge in [-0.2, -0.15) is 0 Å². The first-order valence-electron chi connectivity index (χ1n) is 13.3. The van der Waals surface area contributed by atoms with Crippen molar-refractivity contribution in [1.82, 2.24) is 4.90 Å². The molecule has 0 radical (unpaired) electrons. The maximum Gasteiger partial charge on any atom is 0.305 e. The van der Waals surface area contributed by atoms with Gasteiger partial charge in [0.05, 0.1) is 30.0 Å². The predicted molar refractivity (Wildman–Crippen MR) is 137 cm³/mol. The molecule has 0 saturated heterocycles. The smallest absolute Gasteiger partial charge is 0.305 e. The van der Waals surface area contributed by atoms with Crippen LogP contribution in [-0.2, 0) is 33.4 Å². The number of carbonyl (C=O) groups is 6. The molecule has 40 heavy (non-hydrogen) atoms. The highest BCUT2D eigenvalue weighted by molar-refractivity contribution is 6.32. The molecule has 2 fully saturated rings. The van der Waals surface area contributed by atoms with E-state index in [1.165, 1.54) is 38.1 Å². The lowest BCUT2D eigenvalue weighted by molar-refractivity contribution is -0.206. The number of carbonyl (C=O) groups excluding carboxylic acids is 6. The lowest BCUT2D eigenvalue weighted by Gasteiger charge is -2.56. The molecule has 1 amide bonds. The quantitative estimate of drug-likeness (QED) is 0.217. The van der Waals surface area contributed by atoms with Crippen molar-refractivity contribution in [2.75, 3.05) is 27.3 Å². The van der Waals surface area contributed by atoms with Gasteiger partial charge in [-0.25, -0.2) is 0 Å². The number of ketones is 4. The predicted octanol–water partition coefficient (Wildman–Crippen LogP) is -0.234. The molecule has 3 aliphatic carbocycles. The van der Waals surface area contributed by atoms with Gasteiger partial charge in [0, 0.05) is 24.9 Å². The zero-order valence-electron chi connectivity index (χ0n) is 22.8. The van der Waals surface area contributed by atoms with E-state index in [2.05, 4.69) is 0 Å². The van der Waals surface area contributed by atoms with Crippen LogP contribution in [0.4, 0.5) is 0 Å². The van der Waals surface area contributed by atoms with E-state index in [9.17, 15) is 39.0 Å². The molecular weight excluding hydrogens is 524 g/mol. The van der Waals surface area contributed by atoms with Gasteiger partial charge in [-0.05, 0) is 32.1 Å². The summed E-state index contributed by atoms with van der Waals surface area (Å²) in [4.78, 5) is 81.7. The van der Waals surface area contributed by atoms with Gasteiger partial charge in [0.2, 0.25) is 5.91 Å². The van der Waals surface area contributed by atoms with Gasteiger partial charge < -0.3 is 25.4 Å². The molecule has 1 aromatic carbocycles. The molecule has 1 aromatic rings. The molecule has 0 heterocycles. The monoisotopic (exact) mass is 558 g/mol. The number of benzene rings is 1. The van der Waals surface area contributed by atoms with Crippen LogP contribution >= 0.6 is 0 Å². The molecule has 8 unspecified atom stereocenters. The Morgan fingerprint density at radius 3 is 2.35 bits per heavy atom. The summed E-state index contributed by atoms with van der Waals surface area (Å²) < 4.78 is 11.7. The molecule has 0 spiro atoms. The summed E-state index contributed by atoms with van der Waals surface area (Å²) >= 11 is 0. The highest BCUT2D eigenvalue weighted by Gasteiger charge is 2.74. The van der Waals surface area contributed by atoms with Crippen LogP contribution in [0.5, 0.6) is 5.75 Å². The highest BCUT2D eigenvalue weighted by Crippen LogP contribution is 2.55. The average molecular weight is 559 g/mol. The number of nitrogens with two attached hydrogens (primary N) is 1. The van der Waals surface area contributed by atoms with Crippen molar-refractivity contribution in [2.24, 2.45) is 29.4 Å². The molecule has 0 aromatic heterocycles. The number of aromatic hydroxyl groups is 1. The minimum Gasteiger partial charge on any atom is -0.507 e. The molecule has 12 heteroatoms. The average Bonchev–Trinajstić information content (AvgIpc) is 2.89. The maximum absolute atomic E-state index is 14.2. The number of hydrogen-bond donors (Lipinski definition) is 3. The van der Waals surface area contributed by atoms with Gasteiger partial charge in [-0.1, -0.05) is 26.0 Å². The lowest BCUT2D eigenvalue weighted by atomic mass is 9.49. The van der Waals surface area contributed by atoms with Crippen LogP contribution in [-0.4, -0.2) is 95.2 Å². The summed E-state index contributed by atoms with van der Waals surface area (Å²) in [5.74, 6) is -14.5. The Balaban J connectivity index is 2.03. The summed E-state index contributed by atoms with van der Waals surface area (Å²) in [6.07, 6.45) is -0.958. The van der Waals surface area contributed by atoms with E-state index in [-0.39, 0.29) is 18.6 Å². The zero-order chi connectivity index (χ0) is 29.7. The molecule has 12 nitrogen and oxygen atoms in total. The summed E-state index contributed by atoms with van der Waals surface area (Å²) in [6.45, 7) is 3.69. The van der Waals surface area contributed by atoms with E-state index in [4.69, 9.17) is 15.2 Å². The lowest BCUT2D eigenvalue weighted by Crippen LogP contribution is -2.78. The van der Waals surface area contributed by atoms with Crippen molar-refractivity contribution < 1.29 is 48.5 Å². The van der Waals surface area contributed by atoms with Gasteiger partial charge in [0.1, 0.15) is 11.9 Å². The second-order valence-electron chi connectivity index (χ2n) is 10.8. The Morgan fingerprint density at radius 2 is 1.77 bits per heavy atom. The van der Waals surface area contributed by atoms with Crippen molar-refractivity contribution >= 4 is 35.0 Å². The third kappa shape index (κ3) is 4.25. The summed E-state index contributed by atoms with van der Waals surface area (Å²) in [5.41, 5.74) is 2.50. The van der Waals surface area contributed by atoms with Gasteiger partial charge in [-0.15, -0.1) is 0 Å². The SMILES string of the molecule is CCCOCC1c2cccc(O)c2C(=O)C2C(=O)C3(O)C(=O)C(C(N)=O)C(=O)C(N(C)C)C3C(OC(=O)CC)C21. The first-order chi connectivity index (χ1) is 18.8. The molecule has 4 rings (SSSR count). The van der Waals surface area contributed by atoms with Crippen LogP contribution in [0.2, 0.25) is 0 Å². The molecule has 4 N–H and O–H groups in total. The molecule has 2 saturated carbocycles. The Kier molecular flexibility index (Phi) is 7.99. The van der Waals surface area contributed by atoms with Crippen molar-refractivity contribution in [3.8, 4) is 5.75 Å². The van der Waals surface area contributed by atoms with Crippen LogP contribution in [0.3, 0.4) is 0 Å². The summed E-state index contributed by atoms with van der Waals surface area (Å²) in [6, 6.07) is 2.95. The molecule has 8 atom stereocenters. The van der Waals surface area contributed by atoms with Crippen molar-refractivity contribution in [3.63, 3.8) is 0 Å². The normalized spacial score (nSPS) is 33.3. The number of amides is 1. The fraction of sp³-hybridized carbons (Fsp3) is 0.571. The number of Topliss-reactive ketones (excluding diaryl/α,β-unsaturated/α-hetero) is 4. The molecule has 0 bridgehead atoms. The largest absolute Gasteiger partial charge is 0.507 e. The summed E-state index contributed by atoms with van der Waals surface area (Å²) in [7, 11) is 2.90. The van der Waals surface area contributed by atoms with E-state index < -0.39 is 88.1 Å². The van der Waals surface area contributed by atoms with Gasteiger partial charge >= 0.3 is 5.97 Å². The molecular formula is C28H34N2O10.